The SMILES string of the molecule is C=C(C)CNC(=S)NN=Cc1ccc[nH]1. The number of hydrazone groups is 1. The van der Waals surface area contributed by atoms with E-state index in [-0.39, 0.29) is 0 Å². The van der Waals surface area contributed by atoms with E-state index in [4.69, 9.17) is 12.2 Å². The largest absolute Gasteiger partial charge is 0.360 e. The molecule has 4 nitrogen and oxygen atoms in total. The highest BCUT2D eigenvalue weighted by Crippen LogP contribution is 1.88. The third-order valence-electron chi connectivity index (χ3n) is 1.54. The van der Waals surface area contributed by atoms with Gasteiger partial charge in [0.25, 0.3) is 0 Å². The zero-order valence-electron chi connectivity index (χ0n) is 8.58. The van der Waals surface area contributed by atoms with Gasteiger partial charge in [0.15, 0.2) is 5.11 Å². The van der Waals surface area contributed by atoms with Gasteiger partial charge in [0, 0.05) is 12.7 Å². The summed E-state index contributed by atoms with van der Waals surface area (Å²) >= 11 is 4.98. The van der Waals surface area contributed by atoms with E-state index in [0.29, 0.717) is 11.7 Å². The van der Waals surface area contributed by atoms with Crippen LogP contribution in [0.25, 0.3) is 0 Å². The summed E-state index contributed by atoms with van der Waals surface area (Å²) < 4.78 is 0. The Balaban J connectivity index is 2.25. The van der Waals surface area contributed by atoms with E-state index in [0.717, 1.165) is 11.3 Å². The van der Waals surface area contributed by atoms with E-state index in [2.05, 4.69) is 27.4 Å². The molecule has 0 aliphatic rings. The Labute approximate surface area is 94.5 Å². The molecule has 0 amide bonds. The van der Waals surface area contributed by atoms with Crippen molar-refractivity contribution < 1.29 is 0 Å². The molecule has 0 bridgehead atoms. The zero-order valence-corrected chi connectivity index (χ0v) is 9.40. The molecule has 3 N–H and O–H groups in total. The number of aromatic nitrogens is 1. The number of H-pyrrole nitrogens is 1. The zero-order chi connectivity index (χ0) is 11.1. The molecular weight excluding hydrogens is 208 g/mol. The summed E-state index contributed by atoms with van der Waals surface area (Å²) in [6.45, 7) is 6.34. The summed E-state index contributed by atoms with van der Waals surface area (Å²) in [7, 11) is 0. The molecule has 1 aromatic rings. The maximum atomic E-state index is 4.98. The Morgan fingerprint density at radius 1 is 1.73 bits per heavy atom. The van der Waals surface area contributed by atoms with Gasteiger partial charge in [-0.15, -0.1) is 0 Å². The van der Waals surface area contributed by atoms with Gasteiger partial charge in [-0.3, -0.25) is 5.43 Å². The van der Waals surface area contributed by atoms with Gasteiger partial charge in [0.2, 0.25) is 0 Å². The molecule has 0 fully saturated rings. The lowest BCUT2D eigenvalue weighted by molar-refractivity contribution is 0.916. The molecule has 1 aromatic heterocycles. The van der Waals surface area contributed by atoms with Crippen molar-refractivity contribution in [2.75, 3.05) is 6.54 Å². The standard InChI is InChI=1S/C10H14N4S/c1-8(2)6-12-10(15)14-13-7-9-4-3-5-11-9/h3-5,7,11H,1,6H2,2H3,(H2,12,14,15). The summed E-state index contributed by atoms with van der Waals surface area (Å²) in [6.07, 6.45) is 3.49. The molecule has 80 valence electrons. The predicted octanol–water partition coefficient (Wildman–Crippen LogP) is 1.39. The highest BCUT2D eigenvalue weighted by molar-refractivity contribution is 7.80. The summed E-state index contributed by atoms with van der Waals surface area (Å²) in [4.78, 5) is 2.99. The number of hydrogen-bond acceptors (Lipinski definition) is 2. The second-order valence-electron chi connectivity index (χ2n) is 3.14. The minimum Gasteiger partial charge on any atom is -0.360 e. The van der Waals surface area contributed by atoms with Crippen LogP contribution in [0.4, 0.5) is 0 Å². The van der Waals surface area contributed by atoms with Crippen molar-refractivity contribution in [3.05, 3.63) is 36.2 Å². The first-order valence-electron chi connectivity index (χ1n) is 4.53. The van der Waals surface area contributed by atoms with Crippen LogP contribution < -0.4 is 10.7 Å². The fourth-order valence-electron chi connectivity index (χ4n) is 0.856. The highest BCUT2D eigenvalue weighted by atomic mass is 32.1. The van der Waals surface area contributed by atoms with Crippen LogP contribution in [0.15, 0.2) is 35.6 Å². The van der Waals surface area contributed by atoms with Crippen molar-refractivity contribution in [3.8, 4) is 0 Å². The molecule has 0 aliphatic carbocycles. The third-order valence-corrected chi connectivity index (χ3v) is 1.78. The Morgan fingerprint density at radius 2 is 2.53 bits per heavy atom. The van der Waals surface area contributed by atoms with Crippen LogP contribution in [0, 0.1) is 0 Å². The monoisotopic (exact) mass is 222 g/mol. The van der Waals surface area contributed by atoms with Gasteiger partial charge < -0.3 is 10.3 Å². The van der Waals surface area contributed by atoms with Gasteiger partial charge in [-0.2, -0.15) is 5.10 Å². The van der Waals surface area contributed by atoms with Crippen molar-refractivity contribution in [3.63, 3.8) is 0 Å². The summed E-state index contributed by atoms with van der Waals surface area (Å²) in [6, 6.07) is 3.81. The first-order valence-corrected chi connectivity index (χ1v) is 4.94. The molecule has 0 unspecified atom stereocenters. The molecular formula is C10H14N4S. The fraction of sp³-hybridized carbons (Fsp3) is 0.200. The van der Waals surface area contributed by atoms with E-state index >= 15 is 0 Å². The maximum Gasteiger partial charge on any atom is 0.187 e. The molecule has 0 radical (unpaired) electrons. The molecule has 0 saturated carbocycles. The van der Waals surface area contributed by atoms with E-state index in [1.165, 1.54) is 0 Å². The number of hydrogen-bond donors (Lipinski definition) is 3. The van der Waals surface area contributed by atoms with E-state index in [1.807, 2.05) is 25.3 Å². The van der Waals surface area contributed by atoms with Crippen LogP contribution in [0.1, 0.15) is 12.6 Å². The molecule has 1 heterocycles. The van der Waals surface area contributed by atoms with Crippen molar-refractivity contribution >= 4 is 23.5 Å². The number of nitrogens with one attached hydrogen (secondary N) is 3. The van der Waals surface area contributed by atoms with Gasteiger partial charge in [0.1, 0.15) is 0 Å². The molecule has 0 aliphatic heterocycles. The Hall–Kier alpha value is -1.62. The minimum absolute atomic E-state index is 0.487. The number of rotatable bonds is 4. The lowest BCUT2D eigenvalue weighted by Crippen LogP contribution is -2.32. The molecule has 1 rings (SSSR count). The lowest BCUT2D eigenvalue weighted by atomic mass is 10.4. The second kappa shape index (κ2) is 5.98. The van der Waals surface area contributed by atoms with Gasteiger partial charge in [0.05, 0.1) is 11.9 Å². The third kappa shape index (κ3) is 4.97. The number of thiocarbonyl (C=S) groups is 1. The minimum atomic E-state index is 0.487. The molecule has 15 heavy (non-hydrogen) atoms. The van der Waals surface area contributed by atoms with Gasteiger partial charge >= 0.3 is 0 Å². The lowest BCUT2D eigenvalue weighted by Gasteiger charge is -2.05. The molecule has 5 heteroatoms. The van der Waals surface area contributed by atoms with Crippen LogP contribution in [0.2, 0.25) is 0 Å². The Bertz CT molecular complexity index is 354. The molecule has 0 spiro atoms. The summed E-state index contributed by atoms with van der Waals surface area (Å²) in [5.41, 5.74) is 4.65. The Morgan fingerprint density at radius 3 is 3.13 bits per heavy atom. The van der Waals surface area contributed by atoms with Crippen LogP contribution in [0.3, 0.4) is 0 Å². The van der Waals surface area contributed by atoms with Crippen LogP contribution >= 0.6 is 12.2 Å². The van der Waals surface area contributed by atoms with Crippen LogP contribution in [0.5, 0.6) is 0 Å². The van der Waals surface area contributed by atoms with Crippen LogP contribution in [-0.2, 0) is 0 Å². The summed E-state index contributed by atoms with van der Waals surface area (Å²) in [5, 5.41) is 7.40. The first kappa shape index (κ1) is 11.5. The average Bonchev–Trinajstić information content (AvgIpc) is 2.67. The van der Waals surface area contributed by atoms with E-state index in [1.54, 1.807) is 6.21 Å². The predicted molar refractivity (Wildman–Crippen MR) is 66.9 cm³/mol. The number of aromatic amines is 1. The van der Waals surface area contributed by atoms with Gasteiger partial charge in [-0.1, -0.05) is 12.2 Å². The van der Waals surface area contributed by atoms with Crippen molar-refractivity contribution in [1.82, 2.24) is 15.7 Å². The average molecular weight is 222 g/mol. The fourth-order valence-corrected chi connectivity index (χ4v) is 0.981. The van der Waals surface area contributed by atoms with E-state index < -0.39 is 0 Å². The topological polar surface area (TPSA) is 52.2 Å². The van der Waals surface area contributed by atoms with Crippen molar-refractivity contribution in [2.24, 2.45) is 5.10 Å². The van der Waals surface area contributed by atoms with E-state index in [9.17, 15) is 0 Å². The second-order valence-corrected chi connectivity index (χ2v) is 3.54. The highest BCUT2D eigenvalue weighted by Gasteiger charge is 1.91. The first-order chi connectivity index (χ1) is 7.18. The van der Waals surface area contributed by atoms with Gasteiger partial charge in [-0.25, -0.2) is 0 Å². The molecule has 0 saturated heterocycles. The normalized spacial score (nSPS) is 10.2. The quantitative estimate of drug-likeness (QED) is 0.312. The van der Waals surface area contributed by atoms with Gasteiger partial charge in [-0.05, 0) is 31.3 Å². The van der Waals surface area contributed by atoms with Crippen LogP contribution in [-0.4, -0.2) is 22.9 Å². The van der Waals surface area contributed by atoms with Crippen molar-refractivity contribution in [1.29, 1.82) is 0 Å². The smallest absolute Gasteiger partial charge is 0.187 e. The van der Waals surface area contributed by atoms with Crippen molar-refractivity contribution in [2.45, 2.75) is 6.92 Å². The Kier molecular flexibility index (Phi) is 4.56. The summed E-state index contributed by atoms with van der Waals surface area (Å²) in [5.74, 6) is 0. The molecule has 0 atom stereocenters. The molecule has 0 aromatic carbocycles. The number of nitrogens with zero attached hydrogens (tertiary/aromatic N) is 1. The maximum absolute atomic E-state index is 4.98.